The van der Waals surface area contributed by atoms with Crippen LogP contribution in [0.3, 0.4) is 0 Å². The van der Waals surface area contributed by atoms with Crippen molar-refractivity contribution in [1.82, 2.24) is 10.2 Å². The zero-order valence-corrected chi connectivity index (χ0v) is 11.1. The summed E-state index contributed by atoms with van der Waals surface area (Å²) in [5.74, 6) is -2.13. The van der Waals surface area contributed by atoms with E-state index in [2.05, 4.69) is 5.32 Å². The fourth-order valence-corrected chi connectivity index (χ4v) is 2.28. The molecule has 4 nitrogen and oxygen atoms in total. The van der Waals surface area contributed by atoms with Gasteiger partial charge in [-0.25, -0.2) is 4.39 Å². The lowest BCUT2D eigenvalue weighted by Crippen LogP contribution is -2.44. The van der Waals surface area contributed by atoms with Crippen molar-refractivity contribution in [2.45, 2.75) is 18.3 Å². The van der Waals surface area contributed by atoms with Crippen LogP contribution in [0.15, 0.2) is 18.2 Å². The molecule has 0 bridgehead atoms. The molecule has 0 saturated carbocycles. The number of hydrogen-bond donors (Lipinski definition) is 2. The van der Waals surface area contributed by atoms with Crippen molar-refractivity contribution >= 4 is 5.91 Å². The van der Waals surface area contributed by atoms with Crippen LogP contribution in [0.4, 0.5) is 17.6 Å². The molecule has 21 heavy (non-hydrogen) atoms. The van der Waals surface area contributed by atoms with Crippen LogP contribution in [-0.4, -0.2) is 48.2 Å². The number of carbonyl (C=O) groups excluding carboxylic acids is 1. The topological polar surface area (TPSA) is 52.6 Å². The zero-order chi connectivity index (χ0) is 15.8. The van der Waals surface area contributed by atoms with Gasteiger partial charge in [0.1, 0.15) is 5.82 Å². The van der Waals surface area contributed by atoms with Gasteiger partial charge in [-0.05, 0) is 18.2 Å². The highest BCUT2D eigenvalue weighted by Crippen LogP contribution is 2.32. The second kappa shape index (κ2) is 5.61. The summed E-state index contributed by atoms with van der Waals surface area (Å²) in [5, 5.41) is 12.6. The molecular weight excluding hydrogens is 292 g/mol. The third-order valence-electron chi connectivity index (χ3n) is 3.49. The highest BCUT2D eigenvalue weighted by molar-refractivity contribution is 5.94. The molecule has 1 aliphatic heterocycles. The number of nitrogens with one attached hydrogen (secondary N) is 1. The molecule has 0 unspecified atom stereocenters. The number of nitrogens with zero attached hydrogens (tertiary/aromatic N) is 1. The Kier molecular flexibility index (Phi) is 4.20. The molecule has 2 rings (SSSR count). The van der Waals surface area contributed by atoms with E-state index in [1.54, 1.807) is 0 Å². The number of alkyl halides is 3. The Morgan fingerprint density at radius 2 is 2.05 bits per heavy atom. The Morgan fingerprint density at radius 1 is 1.38 bits per heavy atom. The quantitative estimate of drug-likeness (QED) is 0.809. The monoisotopic (exact) mass is 306 g/mol. The van der Waals surface area contributed by atoms with Crippen molar-refractivity contribution in [3.63, 3.8) is 0 Å². The van der Waals surface area contributed by atoms with Gasteiger partial charge in [-0.1, -0.05) is 0 Å². The second-order valence-electron chi connectivity index (χ2n) is 4.90. The lowest BCUT2D eigenvalue weighted by atomic mass is 10.1. The predicted molar refractivity (Wildman–Crippen MR) is 66.2 cm³/mol. The molecule has 8 heteroatoms. The van der Waals surface area contributed by atoms with Crippen LogP contribution in [0.25, 0.3) is 0 Å². The molecule has 2 N–H and O–H groups in total. The van der Waals surface area contributed by atoms with Gasteiger partial charge in [-0.2, -0.15) is 13.2 Å². The van der Waals surface area contributed by atoms with Crippen molar-refractivity contribution in [1.29, 1.82) is 0 Å². The molecule has 1 saturated heterocycles. The van der Waals surface area contributed by atoms with Gasteiger partial charge >= 0.3 is 6.18 Å². The summed E-state index contributed by atoms with van der Waals surface area (Å²) in [6.07, 6.45) is -5.66. The number of hydrogen-bond acceptors (Lipinski definition) is 3. The third kappa shape index (κ3) is 3.16. The predicted octanol–water partition coefficient (Wildman–Crippen LogP) is 1.25. The number of β-amino-alcohol motifs (C(OH)–C–C–N with tert-alkyl or cyclic N) is 1. The van der Waals surface area contributed by atoms with E-state index >= 15 is 0 Å². The number of aliphatic hydroxyl groups excluding tert-OH is 1. The van der Waals surface area contributed by atoms with E-state index in [0.29, 0.717) is 25.2 Å². The highest BCUT2D eigenvalue weighted by atomic mass is 19.4. The normalized spacial score (nSPS) is 22.4. The summed E-state index contributed by atoms with van der Waals surface area (Å²) in [4.78, 5) is 13.3. The van der Waals surface area contributed by atoms with Crippen LogP contribution < -0.4 is 5.32 Å². The maximum Gasteiger partial charge on any atom is 0.419 e. The van der Waals surface area contributed by atoms with Crippen LogP contribution in [0, 0.1) is 5.82 Å². The van der Waals surface area contributed by atoms with Gasteiger partial charge in [-0.3, -0.25) is 4.79 Å². The molecule has 1 aromatic rings. The fraction of sp³-hybridized carbons (Fsp3) is 0.462. The van der Waals surface area contributed by atoms with Crippen LogP contribution in [-0.2, 0) is 6.18 Å². The Labute approximate surface area is 118 Å². The highest BCUT2D eigenvalue weighted by Gasteiger charge is 2.36. The van der Waals surface area contributed by atoms with Gasteiger partial charge in [0.25, 0.3) is 5.91 Å². The van der Waals surface area contributed by atoms with Crippen molar-refractivity contribution in [3.05, 3.63) is 35.1 Å². The molecule has 1 aliphatic rings. The summed E-state index contributed by atoms with van der Waals surface area (Å²) in [7, 11) is 1.39. The van der Waals surface area contributed by atoms with Crippen molar-refractivity contribution in [2.24, 2.45) is 0 Å². The summed E-state index contributed by atoms with van der Waals surface area (Å²) >= 11 is 0. The third-order valence-corrected chi connectivity index (χ3v) is 3.49. The first-order valence-corrected chi connectivity index (χ1v) is 6.24. The minimum Gasteiger partial charge on any atom is -0.390 e. The van der Waals surface area contributed by atoms with E-state index in [1.807, 2.05) is 0 Å². The Bertz CT molecular complexity index is 547. The molecule has 0 spiro atoms. The van der Waals surface area contributed by atoms with Crippen molar-refractivity contribution in [2.75, 3.05) is 20.1 Å². The molecule has 116 valence electrons. The fourth-order valence-electron chi connectivity index (χ4n) is 2.28. The van der Waals surface area contributed by atoms with Crippen LogP contribution >= 0.6 is 0 Å². The Hall–Kier alpha value is -1.67. The first-order valence-electron chi connectivity index (χ1n) is 6.24. The summed E-state index contributed by atoms with van der Waals surface area (Å²) < 4.78 is 51.1. The van der Waals surface area contributed by atoms with Gasteiger partial charge in [0.2, 0.25) is 0 Å². The maximum absolute atomic E-state index is 13.2. The summed E-state index contributed by atoms with van der Waals surface area (Å²) in [5.41, 5.74) is -1.75. The molecule has 0 radical (unpaired) electrons. The van der Waals surface area contributed by atoms with E-state index < -0.39 is 35.6 Å². The van der Waals surface area contributed by atoms with Crippen LogP contribution in [0.5, 0.6) is 0 Å². The first-order chi connectivity index (χ1) is 9.71. The average molecular weight is 306 g/mol. The summed E-state index contributed by atoms with van der Waals surface area (Å²) in [6, 6.07) is 1.57. The molecule has 0 aromatic heterocycles. The zero-order valence-electron chi connectivity index (χ0n) is 11.1. The maximum atomic E-state index is 13.2. The first kappa shape index (κ1) is 15.7. The number of amides is 1. The van der Waals surface area contributed by atoms with Gasteiger partial charge < -0.3 is 15.3 Å². The van der Waals surface area contributed by atoms with E-state index in [0.717, 1.165) is 11.0 Å². The lowest BCUT2D eigenvalue weighted by molar-refractivity contribution is -0.140. The molecule has 1 fully saturated rings. The number of benzene rings is 1. The molecule has 0 aliphatic carbocycles. The van der Waals surface area contributed by atoms with Crippen molar-refractivity contribution < 1.29 is 27.5 Å². The molecule has 2 atom stereocenters. The number of aliphatic hydroxyl groups is 1. The SMILES string of the molecule is CN(C(=O)c1ccc(F)c(C(F)(F)F)c1)[C@H]1CNC[C@@H]1O. The lowest BCUT2D eigenvalue weighted by Gasteiger charge is -2.26. The number of likely N-dealkylation sites (N-methyl/N-ethyl adjacent to an activating group) is 1. The van der Waals surface area contributed by atoms with Gasteiger partial charge in [-0.15, -0.1) is 0 Å². The Morgan fingerprint density at radius 3 is 2.57 bits per heavy atom. The molecule has 1 heterocycles. The smallest absolute Gasteiger partial charge is 0.390 e. The largest absolute Gasteiger partial charge is 0.419 e. The summed E-state index contributed by atoms with van der Waals surface area (Å²) in [6.45, 7) is 0.649. The molecule has 1 amide bonds. The van der Waals surface area contributed by atoms with Crippen LogP contribution in [0.2, 0.25) is 0 Å². The van der Waals surface area contributed by atoms with E-state index in [4.69, 9.17) is 0 Å². The minimum absolute atomic E-state index is 0.273. The molecule has 1 aromatic carbocycles. The van der Waals surface area contributed by atoms with Gasteiger partial charge in [0, 0.05) is 25.7 Å². The number of carbonyl (C=O) groups is 1. The average Bonchev–Trinajstić information content (AvgIpc) is 2.82. The van der Waals surface area contributed by atoms with E-state index in [1.165, 1.54) is 7.05 Å². The Balaban J connectivity index is 2.27. The van der Waals surface area contributed by atoms with Gasteiger partial charge in [0.15, 0.2) is 0 Å². The van der Waals surface area contributed by atoms with Crippen LogP contribution in [0.1, 0.15) is 15.9 Å². The standard InChI is InChI=1S/C13H14F4N2O2/c1-19(10-5-18-6-11(10)20)12(21)7-2-3-9(14)8(4-7)13(15,16)17/h2-4,10-11,18,20H,5-6H2,1H3/t10-,11-/m0/s1. The van der Waals surface area contributed by atoms with E-state index in [-0.39, 0.29) is 5.56 Å². The molecular formula is C13H14F4N2O2. The second-order valence-corrected chi connectivity index (χ2v) is 4.90. The number of rotatable bonds is 2. The van der Waals surface area contributed by atoms with Crippen molar-refractivity contribution in [3.8, 4) is 0 Å². The minimum atomic E-state index is -4.87. The number of halogens is 4. The van der Waals surface area contributed by atoms with Gasteiger partial charge in [0.05, 0.1) is 17.7 Å². The van der Waals surface area contributed by atoms with E-state index in [9.17, 15) is 27.5 Å².